The lowest BCUT2D eigenvalue weighted by Gasteiger charge is -2.35. The lowest BCUT2D eigenvalue weighted by atomic mass is 10.0. The summed E-state index contributed by atoms with van der Waals surface area (Å²) in [4.78, 5) is 4.89. The van der Waals surface area contributed by atoms with Crippen molar-refractivity contribution in [2.24, 2.45) is 0 Å². The maximum atomic E-state index is 5.92. The molecule has 0 amide bonds. The predicted octanol–water partition coefficient (Wildman–Crippen LogP) is 4.91. The normalized spacial score (nSPS) is 16.3. The number of allylic oxidation sites excluding steroid dienone is 2. The Morgan fingerprint density at radius 2 is 1.69 bits per heavy atom. The molecule has 0 unspecified atom stereocenters. The number of para-hydroxylation sites is 1. The molecule has 0 atom stereocenters. The van der Waals surface area contributed by atoms with Crippen molar-refractivity contribution in [3.05, 3.63) is 77.6 Å². The minimum atomic E-state index is 0.725. The van der Waals surface area contributed by atoms with Crippen LogP contribution in [0.3, 0.4) is 0 Å². The van der Waals surface area contributed by atoms with Gasteiger partial charge in [0.15, 0.2) is 0 Å². The van der Waals surface area contributed by atoms with Crippen LogP contribution in [0.15, 0.2) is 72.1 Å². The third-order valence-corrected chi connectivity index (χ3v) is 5.10. The summed E-state index contributed by atoms with van der Waals surface area (Å²) < 4.78 is 5.92. The van der Waals surface area contributed by atoms with Crippen molar-refractivity contribution < 1.29 is 4.74 Å². The molecule has 0 saturated carbocycles. The molecule has 1 aliphatic rings. The SMILES string of the molecule is C/C(=C1/CCCCN1CCOc1ccccc1)N(C)Cc1ccccc1. The summed E-state index contributed by atoms with van der Waals surface area (Å²) in [6.07, 6.45) is 3.71. The van der Waals surface area contributed by atoms with Crippen LogP contribution in [0.4, 0.5) is 0 Å². The van der Waals surface area contributed by atoms with Gasteiger partial charge in [0.25, 0.3) is 0 Å². The van der Waals surface area contributed by atoms with Crippen LogP contribution in [0, 0.1) is 0 Å². The fraction of sp³-hybridized carbons (Fsp3) is 0.391. The lowest BCUT2D eigenvalue weighted by Crippen LogP contribution is -2.34. The molecule has 1 saturated heterocycles. The van der Waals surface area contributed by atoms with Gasteiger partial charge in [0, 0.05) is 31.5 Å². The topological polar surface area (TPSA) is 15.7 Å². The molecule has 3 heteroatoms. The predicted molar refractivity (Wildman–Crippen MR) is 108 cm³/mol. The van der Waals surface area contributed by atoms with Crippen LogP contribution in [-0.4, -0.2) is 36.5 Å². The molecule has 2 aromatic carbocycles. The number of rotatable bonds is 7. The van der Waals surface area contributed by atoms with E-state index in [1.54, 1.807) is 0 Å². The molecule has 3 nitrogen and oxygen atoms in total. The number of hydrogen-bond acceptors (Lipinski definition) is 3. The highest BCUT2D eigenvalue weighted by atomic mass is 16.5. The van der Waals surface area contributed by atoms with Gasteiger partial charge in [-0.3, -0.25) is 0 Å². The van der Waals surface area contributed by atoms with Crippen LogP contribution >= 0.6 is 0 Å². The molecular formula is C23H30N2O. The van der Waals surface area contributed by atoms with Crippen LogP contribution < -0.4 is 4.74 Å². The first-order valence-corrected chi connectivity index (χ1v) is 9.61. The van der Waals surface area contributed by atoms with E-state index >= 15 is 0 Å². The molecule has 1 heterocycles. The first-order chi connectivity index (χ1) is 12.7. The fourth-order valence-electron chi connectivity index (χ4n) is 3.53. The molecular weight excluding hydrogens is 320 g/mol. The van der Waals surface area contributed by atoms with Crippen molar-refractivity contribution in [3.63, 3.8) is 0 Å². The Hall–Kier alpha value is -2.42. The van der Waals surface area contributed by atoms with E-state index in [2.05, 4.69) is 54.1 Å². The molecule has 3 rings (SSSR count). The van der Waals surface area contributed by atoms with E-state index in [9.17, 15) is 0 Å². The van der Waals surface area contributed by atoms with Crippen LogP contribution in [0.2, 0.25) is 0 Å². The number of benzene rings is 2. The van der Waals surface area contributed by atoms with Crippen LogP contribution in [0.25, 0.3) is 0 Å². The van der Waals surface area contributed by atoms with Gasteiger partial charge in [-0.05, 0) is 43.9 Å². The standard InChI is InChI=1S/C23H30N2O/c1-20(24(2)19-21-11-5-3-6-12-21)23-15-9-10-16-25(23)17-18-26-22-13-7-4-8-14-22/h3-8,11-14H,9-10,15-19H2,1-2H3/b23-20+. The second-order valence-electron chi connectivity index (χ2n) is 6.98. The number of likely N-dealkylation sites (tertiary alicyclic amines) is 1. The maximum Gasteiger partial charge on any atom is 0.119 e. The summed E-state index contributed by atoms with van der Waals surface area (Å²) in [7, 11) is 2.20. The highest BCUT2D eigenvalue weighted by Gasteiger charge is 2.19. The zero-order valence-electron chi connectivity index (χ0n) is 16.0. The van der Waals surface area contributed by atoms with E-state index in [-0.39, 0.29) is 0 Å². The first kappa shape index (κ1) is 18.4. The summed E-state index contributed by atoms with van der Waals surface area (Å²) in [5.41, 5.74) is 4.21. The summed E-state index contributed by atoms with van der Waals surface area (Å²) in [6, 6.07) is 20.8. The van der Waals surface area contributed by atoms with Crippen LogP contribution in [0.1, 0.15) is 31.7 Å². The molecule has 0 aliphatic carbocycles. The highest BCUT2D eigenvalue weighted by molar-refractivity contribution is 5.21. The average Bonchev–Trinajstić information content (AvgIpc) is 2.69. The van der Waals surface area contributed by atoms with Crippen molar-refractivity contribution in [2.45, 2.75) is 32.7 Å². The maximum absolute atomic E-state index is 5.92. The van der Waals surface area contributed by atoms with Gasteiger partial charge in [0.05, 0.1) is 6.54 Å². The van der Waals surface area contributed by atoms with Crippen molar-refractivity contribution in [3.8, 4) is 5.75 Å². The Labute approximate surface area is 157 Å². The Morgan fingerprint density at radius 3 is 2.42 bits per heavy atom. The van der Waals surface area contributed by atoms with Crippen LogP contribution in [-0.2, 0) is 6.54 Å². The Balaban J connectivity index is 1.61. The third-order valence-electron chi connectivity index (χ3n) is 5.10. The van der Waals surface area contributed by atoms with Crippen LogP contribution in [0.5, 0.6) is 5.75 Å². The van der Waals surface area contributed by atoms with E-state index in [0.29, 0.717) is 0 Å². The van der Waals surface area contributed by atoms with E-state index in [1.165, 1.54) is 29.8 Å². The Morgan fingerprint density at radius 1 is 1.00 bits per heavy atom. The minimum absolute atomic E-state index is 0.725. The first-order valence-electron chi connectivity index (χ1n) is 9.61. The smallest absolute Gasteiger partial charge is 0.119 e. The van der Waals surface area contributed by atoms with E-state index in [4.69, 9.17) is 4.74 Å². The van der Waals surface area contributed by atoms with Crippen molar-refractivity contribution in [1.82, 2.24) is 9.80 Å². The zero-order chi connectivity index (χ0) is 18.2. The molecule has 0 spiro atoms. The van der Waals surface area contributed by atoms with E-state index in [0.717, 1.165) is 38.4 Å². The molecule has 138 valence electrons. The van der Waals surface area contributed by atoms with Gasteiger partial charge in [-0.15, -0.1) is 0 Å². The molecule has 2 aromatic rings. The number of nitrogens with zero attached hydrogens (tertiary/aromatic N) is 2. The monoisotopic (exact) mass is 350 g/mol. The van der Waals surface area contributed by atoms with Gasteiger partial charge < -0.3 is 14.5 Å². The Bertz CT molecular complexity index is 697. The molecule has 0 aromatic heterocycles. The third kappa shape index (κ3) is 5.04. The minimum Gasteiger partial charge on any atom is -0.492 e. The summed E-state index contributed by atoms with van der Waals surface area (Å²) >= 11 is 0. The number of piperidine rings is 1. The summed E-state index contributed by atoms with van der Waals surface area (Å²) in [6.45, 7) is 6.01. The molecule has 1 fully saturated rings. The molecule has 0 radical (unpaired) electrons. The molecule has 0 bridgehead atoms. The second-order valence-corrected chi connectivity index (χ2v) is 6.98. The Kier molecular flexibility index (Phi) is 6.59. The van der Waals surface area contributed by atoms with Crippen molar-refractivity contribution in [1.29, 1.82) is 0 Å². The molecule has 0 N–H and O–H groups in total. The van der Waals surface area contributed by atoms with Gasteiger partial charge in [0.2, 0.25) is 0 Å². The zero-order valence-corrected chi connectivity index (χ0v) is 16.0. The largest absolute Gasteiger partial charge is 0.492 e. The number of ether oxygens (including phenoxy) is 1. The van der Waals surface area contributed by atoms with Gasteiger partial charge in [-0.1, -0.05) is 48.5 Å². The van der Waals surface area contributed by atoms with Gasteiger partial charge >= 0.3 is 0 Å². The van der Waals surface area contributed by atoms with Gasteiger partial charge in [-0.2, -0.15) is 0 Å². The molecule has 1 aliphatic heterocycles. The van der Waals surface area contributed by atoms with Crippen molar-refractivity contribution in [2.75, 3.05) is 26.7 Å². The number of hydrogen-bond donors (Lipinski definition) is 0. The van der Waals surface area contributed by atoms with Gasteiger partial charge in [-0.25, -0.2) is 0 Å². The van der Waals surface area contributed by atoms with E-state index in [1.807, 2.05) is 30.3 Å². The lowest BCUT2D eigenvalue weighted by molar-refractivity contribution is 0.212. The molecule has 26 heavy (non-hydrogen) atoms. The van der Waals surface area contributed by atoms with Gasteiger partial charge in [0.1, 0.15) is 12.4 Å². The average molecular weight is 351 g/mol. The summed E-state index contributed by atoms with van der Waals surface area (Å²) in [5.74, 6) is 0.952. The van der Waals surface area contributed by atoms with E-state index < -0.39 is 0 Å². The summed E-state index contributed by atoms with van der Waals surface area (Å²) in [5, 5.41) is 0. The second kappa shape index (κ2) is 9.33. The quantitative estimate of drug-likeness (QED) is 0.705. The van der Waals surface area contributed by atoms with Crippen molar-refractivity contribution >= 4 is 0 Å². The highest BCUT2D eigenvalue weighted by Crippen LogP contribution is 2.25. The fourth-order valence-corrected chi connectivity index (χ4v) is 3.53.